The van der Waals surface area contributed by atoms with Crippen molar-refractivity contribution in [2.24, 2.45) is 5.92 Å². The molecule has 0 N–H and O–H groups in total. The number of allylic oxidation sites excluding steroid dienone is 2. The molecule has 2 nitrogen and oxygen atoms in total. The molecular formula is C11H22O2. The lowest BCUT2D eigenvalue weighted by Gasteiger charge is -2.14. The first-order valence-electron chi connectivity index (χ1n) is 5.04. The van der Waals surface area contributed by atoms with Crippen molar-refractivity contribution in [3.63, 3.8) is 0 Å². The molecule has 0 aliphatic rings. The first-order valence-corrected chi connectivity index (χ1v) is 5.04. The summed E-state index contributed by atoms with van der Waals surface area (Å²) in [4.78, 5) is 0. The molecule has 13 heavy (non-hydrogen) atoms. The van der Waals surface area contributed by atoms with Crippen LogP contribution in [0.4, 0.5) is 0 Å². The van der Waals surface area contributed by atoms with Crippen LogP contribution >= 0.6 is 0 Å². The maximum Gasteiger partial charge on any atom is 0.133 e. The fourth-order valence-electron chi connectivity index (χ4n) is 1.10. The van der Waals surface area contributed by atoms with E-state index in [1.165, 1.54) is 0 Å². The molecule has 0 saturated carbocycles. The van der Waals surface area contributed by atoms with Crippen molar-refractivity contribution in [2.75, 3.05) is 13.7 Å². The lowest BCUT2D eigenvalue weighted by Crippen LogP contribution is -2.04. The minimum absolute atomic E-state index is 0.566. The van der Waals surface area contributed by atoms with Crippen molar-refractivity contribution in [1.29, 1.82) is 0 Å². The van der Waals surface area contributed by atoms with Crippen LogP contribution in [-0.2, 0) is 9.47 Å². The third-order valence-corrected chi connectivity index (χ3v) is 1.79. The van der Waals surface area contributed by atoms with Gasteiger partial charge in [-0.2, -0.15) is 0 Å². The van der Waals surface area contributed by atoms with Gasteiger partial charge < -0.3 is 9.47 Å². The third kappa shape index (κ3) is 4.81. The van der Waals surface area contributed by atoms with E-state index >= 15 is 0 Å². The Morgan fingerprint density at radius 1 is 1.08 bits per heavy atom. The van der Waals surface area contributed by atoms with E-state index in [0.29, 0.717) is 5.92 Å². The summed E-state index contributed by atoms with van der Waals surface area (Å²) in [7, 11) is 1.70. The van der Waals surface area contributed by atoms with Gasteiger partial charge in [0.2, 0.25) is 0 Å². The van der Waals surface area contributed by atoms with Gasteiger partial charge in [0.05, 0.1) is 13.7 Å². The van der Waals surface area contributed by atoms with Gasteiger partial charge in [0, 0.05) is 12.8 Å². The minimum Gasteiger partial charge on any atom is -0.498 e. The van der Waals surface area contributed by atoms with E-state index in [0.717, 1.165) is 31.0 Å². The van der Waals surface area contributed by atoms with E-state index < -0.39 is 0 Å². The third-order valence-electron chi connectivity index (χ3n) is 1.79. The van der Waals surface area contributed by atoms with Crippen LogP contribution < -0.4 is 0 Å². The predicted octanol–water partition coefficient (Wildman–Crippen LogP) is 3.34. The van der Waals surface area contributed by atoms with Gasteiger partial charge in [0.25, 0.3) is 0 Å². The molecule has 0 radical (unpaired) electrons. The predicted molar refractivity (Wildman–Crippen MR) is 55.4 cm³/mol. The lowest BCUT2D eigenvalue weighted by molar-refractivity contribution is 0.144. The molecule has 0 bridgehead atoms. The van der Waals surface area contributed by atoms with Crippen molar-refractivity contribution in [2.45, 2.75) is 40.5 Å². The Balaban J connectivity index is 4.20. The van der Waals surface area contributed by atoms with Crippen LogP contribution in [0.3, 0.4) is 0 Å². The summed E-state index contributed by atoms with van der Waals surface area (Å²) >= 11 is 0. The average molecular weight is 186 g/mol. The van der Waals surface area contributed by atoms with E-state index in [9.17, 15) is 0 Å². The molecule has 0 saturated heterocycles. The van der Waals surface area contributed by atoms with E-state index in [-0.39, 0.29) is 0 Å². The summed E-state index contributed by atoms with van der Waals surface area (Å²) in [5, 5.41) is 0. The van der Waals surface area contributed by atoms with E-state index in [2.05, 4.69) is 27.7 Å². The Morgan fingerprint density at radius 3 is 1.92 bits per heavy atom. The lowest BCUT2D eigenvalue weighted by atomic mass is 10.2. The van der Waals surface area contributed by atoms with Crippen LogP contribution in [-0.4, -0.2) is 13.7 Å². The van der Waals surface area contributed by atoms with E-state index in [1.54, 1.807) is 7.11 Å². The molecule has 0 atom stereocenters. The molecule has 0 unspecified atom stereocenters. The largest absolute Gasteiger partial charge is 0.498 e. The molecule has 0 heterocycles. The number of hydrogen-bond acceptors (Lipinski definition) is 2. The molecule has 0 aliphatic carbocycles. The zero-order valence-corrected chi connectivity index (χ0v) is 9.52. The van der Waals surface area contributed by atoms with Crippen molar-refractivity contribution < 1.29 is 9.47 Å². The summed E-state index contributed by atoms with van der Waals surface area (Å²) in [6.07, 6.45) is 1.81. The molecule has 0 spiro atoms. The Hall–Kier alpha value is -0.660. The standard InChI is InChI=1S/C11H22O2/c1-6-10(12-5)11(7-2)13-8-9(3)4/h9H,6-8H2,1-5H3. The van der Waals surface area contributed by atoms with Crippen LogP contribution in [0.1, 0.15) is 40.5 Å². The van der Waals surface area contributed by atoms with Crippen LogP contribution in [0.15, 0.2) is 11.5 Å². The number of methoxy groups -OCH3 is 1. The zero-order chi connectivity index (χ0) is 10.3. The molecule has 0 aliphatic heterocycles. The zero-order valence-electron chi connectivity index (χ0n) is 9.52. The second kappa shape index (κ2) is 6.81. The number of rotatable bonds is 6. The van der Waals surface area contributed by atoms with Gasteiger partial charge in [0.1, 0.15) is 11.5 Å². The Kier molecular flexibility index (Phi) is 6.47. The van der Waals surface area contributed by atoms with Gasteiger partial charge in [-0.25, -0.2) is 0 Å². The summed E-state index contributed by atoms with van der Waals surface area (Å²) < 4.78 is 10.9. The van der Waals surface area contributed by atoms with E-state index in [1.807, 2.05) is 0 Å². The molecule has 0 aromatic carbocycles. The van der Waals surface area contributed by atoms with Crippen molar-refractivity contribution in [1.82, 2.24) is 0 Å². The molecule has 0 rings (SSSR count). The first kappa shape index (κ1) is 12.3. The quantitative estimate of drug-likeness (QED) is 0.592. The maximum atomic E-state index is 5.65. The summed E-state index contributed by atoms with van der Waals surface area (Å²) in [6, 6.07) is 0. The molecular weight excluding hydrogens is 164 g/mol. The van der Waals surface area contributed by atoms with Crippen LogP contribution in [0.25, 0.3) is 0 Å². The molecule has 0 aromatic rings. The smallest absolute Gasteiger partial charge is 0.133 e. The topological polar surface area (TPSA) is 18.5 Å². The highest BCUT2D eigenvalue weighted by Crippen LogP contribution is 2.15. The van der Waals surface area contributed by atoms with Gasteiger partial charge >= 0.3 is 0 Å². The highest BCUT2D eigenvalue weighted by Gasteiger charge is 2.05. The van der Waals surface area contributed by atoms with Gasteiger partial charge in [-0.3, -0.25) is 0 Å². The monoisotopic (exact) mass is 186 g/mol. The van der Waals surface area contributed by atoms with Gasteiger partial charge in [-0.05, 0) is 5.92 Å². The fourth-order valence-corrected chi connectivity index (χ4v) is 1.10. The molecule has 0 aromatic heterocycles. The minimum atomic E-state index is 0.566. The highest BCUT2D eigenvalue weighted by molar-refractivity contribution is 5.00. The van der Waals surface area contributed by atoms with Crippen molar-refractivity contribution in [3.05, 3.63) is 11.5 Å². The Bertz CT molecular complexity index is 153. The second-order valence-electron chi connectivity index (χ2n) is 3.46. The highest BCUT2D eigenvalue weighted by atomic mass is 16.5. The maximum absolute atomic E-state index is 5.65. The van der Waals surface area contributed by atoms with Crippen LogP contribution in [0.2, 0.25) is 0 Å². The Labute approximate surface area is 81.9 Å². The number of ether oxygens (including phenoxy) is 2. The summed E-state index contributed by atoms with van der Waals surface area (Å²) in [5.74, 6) is 2.54. The van der Waals surface area contributed by atoms with Gasteiger partial charge in [-0.1, -0.05) is 27.7 Å². The van der Waals surface area contributed by atoms with Gasteiger partial charge in [-0.15, -0.1) is 0 Å². The van der Waals surface area contributed by atoms with Gasteiger partial charge in [0.15, 0.2) is 0 Å². The average Bonchev–Trinajstić information content (AvgIpc) is 2.11. The summed E-state index contributed by atoms with van der Waals surface area (Å²) in [6.45, 7) is 9.23. The van der Waals surface area contributed by atoms with Crippen LogP contribution in [0.5, 0.6) is 0 Å². The van der Waals surface area contributed by atoms with Crippen molar-refractivity contribution in [3.8, 4) is 0 Å². The normalized spacial score (nSPS) is 12.8. The van der Waals surface area contributed by atoms with E-state index in [4.69, 9.17) is 9.47 Å². The molecule has 0 amide bonds. The molecule has 0 fully saturated rings. The van der Waals surface area contributed by atoms with Crippen LogP contribution in [0, 0.1) is 5.92 Å². The first-order chi connectivity index (χ1) is 6.15. The van der Waals surface area contributed by atoms with Crippen molar-refractivity contribution >= 4 is 0 Å². The molecule has 2 heteroatoms. The second-order valence-corrected chi connectivity index (χ2v) is 3.46. The summed E-state index contributed by atoms with van der Waals surface area (Å²) in [5.41, 5.74) is 0. The fraction of sp³-hybridized carbons (Fsp3) is 0.818. The molecule has 78 valence electrons. The number of hydrogen-bond donors (Lipinski definition) is 0. The SMILES string of the molecule is CCC(OC)=C(CC)OCC(C)C. The Morgan fingerprint density at radius 2 is 1.62 bits per heavy atom.